The predicted octanol–water partition coefficient (Wildman–Crippen LogP) is 3.27. The van der Waals surface area contributed by atoms with Crippen molar-refractivity contribution in [1.29, 1.82) is 5.41 Å². The van der Waals surface area contributed by atoms with Crippen LogP contribution in [-0.2, 0) is 15.9 Å². The molecule has 4 N–H and O–H groups in total. The molecule has 1 saturated carbocycles. The second-order valence-corrected chi connectivity index (χ2v) is 8.11. The average Bonchev–Trinajstić information content (AvgIpc) is 2.46. The van der Waals surface area contributed by atoms with Crippen LogP contribution in [0.25, 0.3) is 0 Å². The first-order valence-electron chi connectivity index (χ1n) is 7.27. The quantitative estimate of drug-likeness (QED) is 0.443. The van der Waals surface area contributed by atoms with Crippen LogP contribution in [0.2, 0.25) is 0 Å². The van der Waals surface area contributed by atoms with Crippen molar-refractivity contribution >= 4 is 27.0 Å². The van der Waals surface area contributed by atoms with Gasteiger partial charge >= 0.3 is 0 Å². The van der Waals surface area contributed by atoms with E-state index in [0.29, 0.717) is 6.42 Å². The molecular weight excluding hydrogens is 320 g/mol. The minimum atomic E-state index is -3.78. The molecule has 0 saturated heterocycles. The fourth-order valence-electron chi connectivity index (χ4n) is 2.46. The molecule has 0 spiro atoms. The molecule has 0 heterocycles. The molecule has 0 bridgehead atoms. The third kappa shape index (κ3) is 7.29. The van der Waals surface area contributed by atoms with Gasteiger partial charge in [-0.2, -0.15) is 8.42 Å². The van der Waals surface area contributed by atoms with Crippen molar-refractivity contribution in [1.82, 2.24) is 0 Å². The zero-order valence-electron chi connectivity index (χ0n) is 12.7. The molecule has 1 aromatic carbocycles. The van der Waals surface area contributed by atoms with Crippen LogP contribution in [0, 0.1) is 11.3 Å². The number of amidine groups is 1. The molecule has 1 aliphatic rings. The van der Waals surface area contributed by atoms with Crippen molar-refractivity contribution < 1.29 is 13.0 Å². The van der Waals surface area contributed by atoms with Crippen molar-refractivity contribution in [2.24, 2.45) is 11.7 Å². The Kier molecular flexibility index (Phi) is 7.92. The largest absolute Gasteiger partial charge is 0.379 e. The first-order chi connectivity index (χ1) is 10.3. The number of nitrogens with two attached hydrogens (primary N) is 1. The number of hydrogen-bond donors (Lipinski definition) is 3. The number of benzene rings is 1. The van der Waals surface area contributed by atoms with E-state index in [1.165, 1.54) is 17.3 Å². The molecule has 22 heavy (non-hydrogen) atoms. The Morgan fingerprint density at radius 2 is 1.91 bits per heavy atom. The molecule has 2 atom stereocenters. The molecule has 0 aromatic heterocycles. The highest BCUT2D eigenvalue weighted by Crippen LogP contribution is 2.28. The lowest BCUT2D eigenvalue weighted by Gasteiger charge is -2.25. The monoisotopic (exact) mass is 344 g/mol. The molecule has 1 fully saturated rings. The van der Waals surface area contributed by atoms with Gasteiger partial charge in [-0.3, -0.25) is 9.96 Å². The third-order valence-corrected chi connectivity index (χ3v) is 5.91. The first-order valence-corrected chi connectivity index (χ1v) is 9.76. The summed E-state index contributed by atoms with van der Waals surface area (Å²) in [6.45, 7) is 1.89. The van der Waals surface area contributed by atoms with Gasteiger partial charge in [-0.05, 0) is 24.3 Å². The van der Waals surface area contributed by atoms with Crippen molar-refractivity contribution in [2.75, 3.05) is 0 Å². The highest BCUT2D eigenvalue weighted by molar-refractivity contribution is 8.13. The van der Waals surface area contributed by atoms with E-state index in [9.17, 15) is 8.42 Å². The van der Waals surface area contributed by atoms with Gasteiger partial charge in [-0.25, -0.2) is 0 Å². The fourth-order valence-corrected chi connectivity index (χ4v) is 4.16. The number of thioether (sulfide) groups is 1. The normalized spacial score (nSPS) is 21.5. The molecular formula is C15H24N2O3S2. The molecule has 0 amide bonds. The molecule has 0 aliphatic heterocycles. The lowest BCUT2D eigenvalue weighted by Crippen LogP contribution is -2.30. The van der Waals surface area contributed by atoms with E-state index >= 15 is 0 Å². The van der Waals surface area contributed by atoms with Gasteiger partial charge < -0.3 is 5.73 Å². The zero-order valence-corrected chi connectivity index (χ0v) is 14.4. The molecule has 0 unspecified atom stereocenters. The SMILES string of the molecule is C[C@H]1CCCC[C@H]1S(=O)(=O)O.N=C(N)SCc1ccccc1. The Morgan fingerprint density at radius 1 is 1.32 bits per heavy atom. The van der Waals surface area contributed by atoms with Crippen LogP contribution in [0.4, 0.5) is 0 Å². The van der Waals surface area contributed by atoms with E-state index in [1.54, 1.807) is 0 Å². The summed E-state index contributed by atoms with van der Waals surface area (Å²) in [7, 11) is -3.78. The van der Waals surface area contributed by atoms with Crippen molar-refractivity contribution in [2.45, 2.75) is 43.6 Å². The fraction of sp³-hybridized carbons (Fsp3) is 0.533. The standard InChI is InChI=1S/C8H10N2S.C7H14O3S/c9-8(10)11-6-7-4-2-1-3-5-7;1-6-4-2-3-5-7(6)11(8,9)10/h1-5H,6H2,(H3,9,10);6-7H,2-5H2,1H3,(H,8,9,10)/t;6-,7+/m.0/s1. The summed E-state index contributed by atoms with van der Waals surface area (Å²) < 4.78 is 30.3. The smallest absolute Gasteiger partial charge is 0.268 e. The summed E-state index contributed by atoms with van der Waals surface area (Å²) in [5.74, 6) is 0.912. The van der Waals surface area contributed by atoms with Gasteiger partial charge in [0.05, 0.1) is 5.25 Å². The van der Waals surface area contributed by atoms with Gasteiger partial charge in [-0.1, -0.05) is 61.9 Å². The minimum absolute atomic E-state index is 0.124. The van der Waals surface area contributed by atoms with E-state index < -0.39 is 15.4 Å². The van der Waals surface area contributed by atoms with E-state index in [4.69, 9.17) is 15.7 Å². The summed E-state index contributed by atoms with van der Waals surface area (Å²) >= 11 is 1.35. The van der Waals surface area contributed by atoms with Crippen molar-refractivity contribution in [3.63, 3.8) is 0 Å². The summed E-state index contributed by atoms with van der Waals surface area (Å²) in [4.78, 5) is 0. The Bertz CT molecular complexity index is 561. The van der Waals surface area contributed by atoms with E-state index in [2.05, 4.69) is 0 Å². The number of hydrogen-bond acceptors (Lipinski definition) is 4. The zero-order chi connectivity index (χ0) is 16.6. The lowest BCUT2D eigenvalue weighted by atomic mass is 9.90. The summed E-state index contributed by atoms with van der Waals surface area (Å²) in [5.41, 5.74) is 6.39. The van der Waals surface area contributed by atoms with Crippen LogP contribution >= 0.6 is 11.8 Å². The summed E-state index contributed by atoms with van der Waals surface area (Å²) in [6, 6.07) is 9.99. The maximum atomic E-state index is 10.8. The predicted molar refractivity (Wildman–Crippen MR) is 92.6 cm³/mol. The third-order valence-electron chi connectivity index (χ3n) is 3.65. The van der Waals surface area contributed by atoms with E-state index in [1.807, 2.05) is 37.3 Å². The maximum Gasteiger partial charge on any atom is 0.268 e. The maximum absolute atomic E-state index is 10.8. The van der Waals surface area contributed by atoms with Crippen molar-refractivity contribution in [3.8, 4) is 0 Å². The molecule has 1 aliphatic carbocycles. The van der Waals surface area contributed by atoms with Crippen LogP contribution in [-0.4, -0.2) is 23.4 Å². The second-order valence-electron chi connectivity index (χ2n) is 5.45. The van der Waals surface area contributed by atoms with Crippen LogP contribution in [0.3, 0.4) is 0 Å². The summed E-state index contributed by atoms with van der Waals surface area (Å²) in [6.07, 6.45) is 3.56. The number of nitrogens with one attached hydrogen (secondary N) is 1. The molecule has 124 valence electrons. The first kappa shape index (κ1) is 19.0. The Hall–Kier alpha value is -1.05. The molecule has 1 aromatic rings. The van der Waals surface area contributed by atoms with E-state index in [-0.39, 0.29) is 11.1 Å². The Morgan fingerprint density at radius 3 is 2.36 bits per heavy atom. The van der Waals surface area contributed by atoms with Gasteiger partial charge in [0, 0.05) is 5.75 Å². The summed E-state index contributed by atoms with van der Waals surface area (Å²) in [5, 5.41) is 6.66. The topological polar surface area (TPSA) is 104 Å². The second kappa shape index (κ2) is 9.17. The van der Waals surface area contributed by atoms with Gasteiger partial charge in [0.2, 0.25) is 0 Å². The average molecular weight is 345 g/mol. The minimum Gasteiger partial charge on any atom is -0.379 e. The van der Waals surface area contributed by atoms with Gasteiger partial charge in [0.25, 0.3) is 10.1 Å². The van der Waals surface area contributed by atoms with Crippen LogP contribution in [0.5, 0.6) is 0 Å². The van der Waals surface area contributed by atoms with Crippen molar-refractivity contribution in [3.05, 3.63) is 35.9 Å². The molecule has 5 nitrogen and oxygen atoms in total. The Labute approximate surface area is 136 Å². The molecule has 2 rings (SSSR count). The van der Waals surface area contributed by atoms with Crippen LogP contribution in [0.1, 0.15) is 38.2 Å². The van der Waals surface area contributed by atoms with E-state index in [0.717, 1.165) is 25.0 Å². The van der Waals surface area contributed by atoms with Crippen LogP contribution in [0.15, 0.2) is 30.3 Å². The van der Waals surface area contributed by atoms with Gasteiger partial charge in [-0.15, -0.1) is 0 Å². The van der Waals surface area contributed by atoms with Gasteiger partial charge in [0.15, 0.2) is 5.17 Å². The highest BCUT2D eigenvalue weighted by atomic mass is 32.2. The van der Waals surface area contributed by atoms with Gasteiger partial charge in [0.1, 0.15) is 0 Å². The molecule has 7 heteroatoms. The molecule has 0 radical (unpaired) electrons. The Balaban J connectivity index is 0.000000220. The number of rotatable bonds is 3. The van der Waals surface area contributed by atoms with Crippen LogP contribution < -0.4 is 5.73 Å². The highest BCUT2D eigenvalue weighted by Gasteiger charge is 2.30. The lowest BCUT2D eigenvalue weighted by molar-refractivity contribution is 0.356.